The van der Waals surface area contributed by atoms with E-state index in [0.717, 1.165) is 11.7 Å². The fourth-order valence-electron chi connectivity index (χ4n) is 2.00. The molecule has 0 aromatic heterocycles. The molecule has 1 fully saturated rings. The molecule has 0 spiro atoms. The molecule has 2 heterocycles. The second-order valence-electron chi connectivity index (χ2n) is 3.88. The summed E-state index contributed by atoms with van der Waals surface area (Å²) >= 11 is 7.21. The maximum absolute atomic E-state index is 5.34. The molecule has 2 aliphatic rings. The molecule has 3 rings (SSSR count). The van der Waals surface area contributed by atoms with Gasteiger partial charge in [0.25, 0.3) is 0 Å². The predicted molar refractivity (Wildman–Crippen MR) is 73.0 cm³/mol. The zero-order chi connectivity index (χ0) is 11.0. The minimum Gasteiger partial charge on any atom is -0.366 e. The first-order valence-corrected chi connectivity index (χ1v) is 6.58. The van der Waals surface area contributed by atoms with Gasteiger partial charge in [-0.25, -0.2) is 0 Å². The van der Waals surface area contributed by atoms with Gasteiger partial charge in [-0.2, -0.15) is 0 Å². The minimum absolute atomic E-state index is 0.337. The predicted octanol–water partition coefficient (Wildman–Crippen LogP) is 2.19. The van der Waals surface area contributed by atoms with Crippen LogP contribution in [0.2, 0.25) is 0 Å². The van der Waals surface area contributed by atoms with Gasteiger partial charge in [-0.15, -0.1) is 11.8 Å². The Hall–Kier alpha value is -0.840. The van der Waals surface area contributed by atoms with Crippen molar-refractivity contribution in [2.24, 2.45) is 5.92 Å². The lowest BCUT2D eigenvalue weighted by Gasteiger charge is -2.27. The lowest BCUT2D eigenvalue weighted by molar-refractivity contribution is 0.549. The van der Waals surface area contributed by atoms with E-state index in [1.165, 1.54) is 10.5 Å². The Labute approximate surface area is 105 Å². The summed E-state index contributed by atoms with van der Waals surface area (Å²) in [7, 11) is 0. The summed E-state index contributed by atoms with van der Waals surface area (Å²) in [5, 5.41) is 7.02. The van der Waals surface area contributed by atoms with Gasteiger partial charge in [0.15, 0.2) is 0 Å². The van der Waals surface area contributed by atoms with E-state index in [1.807, 2.05) is 17.8 Å². The summed E-state index contributed by atoms with van der Waals surface area (Å²) in [6.07, 6.45) is 2.27. The average molecular weight is 248 g/mol. The third kappa shape index (κ3) is 1.77. The van der Waals surface area contributed by atoms with Gasteiger partial charge in [0.05, 0.1) is 22.9 Å². The molecule has 1 aromatic rings. The van der Waals surface area contributed by atoms with E-state index >= 15 is 0 Å². The van der Waals surface area contributed by atoms with Gasteiger partial charge in [0.1, 0.15) is 0 Å². The highest BCUT2D eigenvalue weighted by atomic mass is 32.2. The zero-order valence-electron chi connectivity index (χ0n) is 8.64. The third-order valence-corrected chi connectivity index (χ3v) is 4.59. The first kappa shape index (κ1) is 10.3. The van der Waals surface area contributed by atoms with Crippen LogP contribution in [-0.2, 0) is 0 Å². The summed E-state index contributed by atoms with van der Waals surface area (Å²) in [6, 6.07) is 10.5. The molecule has 1 saturated heterocycles. The Balaban J connectivity index is 1.89. The van der Waals surface area contributed by atoms with Crippen LogP contribution in [0.1, 0.15) is 5.56 Å². The van der Waals surface area contributed by atoms with Crippen LogP contribution in [0.15, 0.2) is 36.4 Å². The van der Waals surface area contributed by atoms with Crippen molar-refractivity contribution in [2.75, 3.05) is 6.67 Å². The van der Waals surface area contributed by atoms with E-state index in [0.29, 0.717) is 11.3 Å². The van der Waals surface area contributed by atoms with Crippen molar-refractivity contribution in [1.29, 1.82) is 0 Å². The number of benzene rings is 1. The first-order valence-electron chi connectivity index (χ1n) is 5.29. The first-order chi connectivity index (χ1) is 7.84. The van der Waals surface area contributed by atoms with Gasteiger partial charge in [-0.3, -0.25) is 5.32 Å². The molecule has 2 N–H and O–H groups in total. The van der Waals surface area contributed by atoms with Gasteiger partial charge in [-0.1, -0.05) is 48.6 Å². The molecule has 0 bridgehead atoms. The quantitative estimate of drug-likeness (QED) is 0.744. The number of fused-ring (bicyclic) bond motifs is 1. The Bertz CT molecular complexity index is 442. The minimum atomic E-state index is 0.337. The van der Waals surface area contributed by atoms with Crippen LogP contribution >= 0.6 is 24.0 Å². The van der Waals surface area contributed by atoms with Crippen molar-refractivity contribution < 1.29 is 0 Å². The number of nitrogens with one attached hydrogen (secondary N) is 2. The smallest absolute Gasteiger partial charge is 0.0858 e. The van der Waals surface area contributed by atoms with Gasteiger partial charge in [-0.05, 0) is 5.56 Å². The number of hydrogen-bond acceptors (Lipinski definition) is 3. The van der Waals surface area contributed by atoms with Crippen LogP contribution in [0.5, 0.6) is 0 Å². The lowest BCUT2D eigenvalue weighted by Crippen LogP contribution is -2.50. The normalized spacial score (nSPS) is 28.2. The van der Waals surface area contributed by atoms with Crippen LogP contribution in [0.4, 0.5) is 0 Å². The van der Waals surface area contributed by atoms with Gasteiger partial charge in [0, 0.05) is 4.91 Å². The van der Waals surface area contributed by atoms with Crippen molar-refractivity contribution in [2.45, 2.75) is 5.37 Å². The third-order valence-electron chi connectivity index (χ3n) is 2.84. The Morgan fingerprint density at radius 3 is 2.81 bits per heavy atom. The molecule has 2 nitrogen and oxygen atoms in total. The maximum Gasteiger partial charge on any atom is 0.0858 e. The van der Waals surface area contributed by atoms with Crippen molar-refractivity contribution in [3.05, 3.63) is 42.0 Å². The molecule has 4 heteroatoms. The number of rotatable bonds is 1. The fraction of sp³-hybridized carbons (Fsp3) is 0.250. The standard InChI is InChI=1S/C12H12N2S2/c15-11-9-6-10(8-4-2-1-3-5-8)16-12(9)14-7-13-11/h1-6,9,12,14H,7H2,(H,13,15). The van der Waals surface area contributed by atoms with E-state index in [-0.39, 0.29) is 0 Å². The Morgan fingerprint density at radius 2 is 2.06 bits per heavy atom. The van der Waals surface area contributed by atoms with Gasteiger partial charge < -0.3 is 5.32 Å². The molecule has 2 atom stereocenters. The molecular weight excluding hydrogens is 236 g/mol. The highest BCUT2D eigenvalue weighted by Crippen LogP contribution is 2.42. The summed E-state index contributed by atoms with van der Waals surface area (Å²) in [6.45, 7) is 0.781. The van der Waals surface area contributed by atoms with E-state index < -0.39 is 0 Å². The molecule has 1 aromatic carbocycles. The van der Waals surface area contributed by atoms with Crippen molar-refractivity contribution in [3.63, 3.8) is 0 Å². The maximum atomic E-state index is 5.34. The van der Waals surface area contributed by atoms with E-state index in [4.69, 9.17) is 12.2 Å². The topological polar surface area (TPSA) is 24.1 Å². The van der Waals surface area contributed by atoms with Crippen LogP contribution in [-0.4, -0.2) is 17.0 Å². The second-order valence-corrected chi connectivity index (χ2v) is 5.51. The number of thiocarbonyl (C=S) groups is 1. The van der Waals surface area contributed by atoms with Gasteiger partial charge in [0.2, 0.25) is 0 Å². The fourth-order valence-corrected chi connectivity index (χ4v) is 3.67. The van der Waals surface area contributed by atoms with E-state index in [2.05, 4.69) is 41.0 Å². The van der Waals surface area contributed by atoms with Crippen LogP contribution in [0.3, 0.4) is 0 Å². The van der Waals surface area contributed by atoms with Crippen LogP contribution < -0.4 is 10.6 Å². The molecule has 0 aliphatic carbocycles. The van der Waals surface area contributed by atoms with Crippen molar-refractivity contribution in [1.82, 2.24) is 10.6 Å². The molecule has 2 unspecified atom stereocenters. The highest BCUT2D eigenvalue weighted by molar-refractivity contribution is 8.09. The van der Waals surface area contributed by atoms with E-state index in [1.54, 1.807) is 0 Å². The molecule has 0 radical (unpaired) electrons. The Morgan fingerprint density at radius 1 is 1.25 bits per heavy atom. The SMILES string of the molecule is S=C1NCNC2SC(c3ccccc3)=CC12. The number of hydrogen-bond donors (Lipinski definition) is 2. The molecule has 82 valence electrons. The number of thioether (sulfide) groups is 1. The summed E-state index contributed by atoms with van der Waals surface area (Å²) < 4.78 is 0. The van der Waals surface area contributed by atoms with Gasteiger partial charge >= 0.3 is 0 Å². The molecule has 0 saturated carbocycles. The molecule has 16 heavy (non-hydrogen) atoms. The summed E-state index contributed by atoms with van der Waals surface area (Å²) in [5.74, 6) is 0.337. The highest BCUT2D eigenvalue weighted by Gasteiger charge is 2.33. The lowest BCUT2D eigenvalue weighted by atomic mass is 10.1. The Kier molecular flexibility index (Phi) is 2.71. The molecule has 0 amide bonds. The monoisotopic (exact) mass is 248 g/mol. The zero-order valence-corrected chi connectivity index (χ0v) is 10.3. The molecular formula is C12H12N2S2. The average Bonchev–Trinajstić information content (AvgIpc) is 2.76. The summed E-state index contributed by atoms with van der Waals surface area (Å²) in [5.41, 5.74) is 1.28. The summed E-state index contributed by atoms with van der Waals surface area (Å²) in [4.78, 5) is 2.29. The van der Waals surface area contributed by atoms with Crippen molar-refractivity contribution in [3.8, 4) is 0 Å². The van der Waals surface area contributed by atoms with Crippen LogP contribution in [0.25, 0.3) is 4.91 Å². The molecule has 2 aliphatic heterocycles. The van der Waals surface area contributed by atoms with Crippen molar-refractivity contribution >= 4 is 33.9 Å². The second kappa shape index (κ2) is 4.20. The van der Waals surface area contributed by atoms with E-state index in [9.17, 15) is 0 Å². The van der Waals surface area contributed by atoms with Crippen LogP contribution in [0, 0.1) is 5.92 Å². The largest absolute Gasteiger partial charge is 0.366 e.